The van der Waals surface area contributed by atoms with E-state index in [1.165, 1.54) is 16.7 Å². The number of aryl methyl sites for hydroxylation is 1. The molecule has 1 heterocycles. The number of hydrogen-bond donors (Lipinski definition) is 0. The number of aromatic nitrogens is 3. The summed E-state index contributed by atoms with van der Waals surface area (Å²) in [6, 6.07) is 19.6. The quantitative estimate of drug-likeness (QED) is 0.637. The fourth-order valence-electron chi connectivity index (χ4n) is 3.86. The minimum absolute atomic E-state index is 0.438. The Morgan fingerprint density at radius 2 is 1.85 bits per heavy atom. The molecule has 1 atom stereocenters. The zero-order valence-corrected chi connectivity index (χ0v) is 16.1. The highest BCUT2D eigenvalue weighted by Crippen LogP contribution is 2.34. The zero-order chi connectivity index (χ0) is 18.1. The lowest BCUT2D eigenvalue weighted by Gasteiger charge is -2.24. The summed E-state index contributed by atoms with van der Waals surface area (Å²) in [7, 11) is 4.18. The highest BCUT2D eigenvalue weighted by molar-refractivity contribution is 7.71. The summed E-state index contributed by atoms with van der Waals surface area (Å²) in [5.41, 5.74) is 4.17. The summed E-state index contributed by atoms with van der Waals surface area (Å²) in [5, 5.41) is 4.81. The maximum atomic E-state index is 5.64. The first kappa shape index (κ1) is 17.2. The van der Waals surface area contributed by atoms with E-state index in [4.69, 9.17) is 17.3 Å². The summed E-state index contributed by atoms with van der Waals surface area (Å²) in [6.07, 6.45) is 3.11. The third-order valence-electron chi connectivity index (χ3n) is 5.33. The van der Waals surface area contributed by atoms with Gasteiger partial charge in [-0.25, -0.2) is 4.68 Å². The normalized spacial score (nSPS) is 16.2. The standard InChI is InChI=1S/C21H24N4S/c1-23(19-13-12-17-10-6-7-11-18(17)19)15-25-21(26)24(2)20(22-25)14-16-8-4-3-5-9-16/h3-11,19H,12-15H2,1-2H3. The third-order valence-corrected chi connectivity index (χ3v) is 5.81. The smallest absolute Gasteiger partial charge is 0.198 e. The molecule has 0 radical (unpaired) electrons. The predicted octanol–water partition coefficient (Wildman–Crippen LogP) is 4.12. The molecule has 0 amide bonds. The van der Waals surface area contributed by atoms with Crippen LogP contribution < -0.4 is 0 Å². The molecule has 134 valence electrons. The molecular weight excluding hydrogens is 340 g/mol. The van der Waals surface area contributed by atoms with Crippen LogP contribution in [0.4, 0.5) is 0 Å². The monoisotopic (exact) mass is 364 g/mol. The maximum absolute atomic E-state index is 5.64. The molecule has 0 aliphatic heterocycles. The average molecular weight is 365 g/mol. The van der Waals surface area contributed by atoms with Gasteiger partial charge < -0.3 is 4.57 Å². The van der Waals surface area contributed by atoms with Crippen molar-refractivity contribution in [3.8, 4) is 0 Å². The number of benzene rings is 2. The van der Waals surface area contributed by atoms with Gasteiger partial charge in [-0.2, -0.15) is 5.10 Å². The third kappa shape index (κ3) is 3.24. The van der Waals surface area contributed by atoms with Crippen molar-refractivity contribution in [3.05, 3.63) is 81.9 Å². The Balaban J connectivity index is 1.54. The fraction of sp³-hybridized carbons (Fsp3) is 0.333. The van der Waals surface area contributed by atoms with Gasteiger partial charge in [0, 0.05) is 19.5 Å². The van der Waals surface area contributed by atoms with Crippen molar-refractivity contribution in [2.75, 3.05) is 7.05 Å². The Labute approximate surface area is 159 Å². The van der Waals surface area contributed by atoms with Gasteiger partial charge in [0.05, 0.1) is 6.67 Å². The lowest BCUT2D eigenvalue weighted by molar-refractivity contribution is 0.181. The number of nitrogens with zero attached hydrogens (tertiary/aromatic N) is 4. The van der Waals surface area contributed by atoms with E-state index in [1.54, 1.807) is 0 Å². The summed E-state index contributed by atoms with van der Waals surface area (Å²) < 4.78 is 4.75. The van der Waals surface area contributed by atoms with Crippen LogP contribution in [-0.4, -0.2) is 26.3 Å². The molecule has 5 heteroatoms. The van der Waals surface area contributed by atoms with Crippen LogP contribution in [0, 0.1) is 4.77 Å². The van der Waals surface area contributed by atoms with Gasteiger partial charge in [-0.3, -0.25) is 4.90 Å². The Kier molecular flexibility index (Phi) is 4.74. The second-order valence-corrected chi connectivity index (χ2v) is 7.44. The SMILES string of the molecule is CN(Cn1nc(Cc2ccccc2)n(C)c1=S)C1CCc2ccccc21. The van der Waals surface area contributed by atoms with Crippen LogP contribution >= 0.6 is 12.2 Å². The highest BCUT2D eigenvalue weighted by Gasteiger charge is 2.26. The maximum Gasteiger partial charge on any atom is 0.198 e. The van der Waals surface area contributed by atoms with Crippen molar-refractivity contribution in [3.63, 3.8) is 0 Å². The zero-order valence-electron chi connectivity index (χ0n) is 15.3. The first-order valence-electron chi connectivity index (χ1n) is 9.08. The number of rotatable bonds is 5. The van der Waals surface area contributed by atoms with Crippen molar-refractivity contribution in [1.29, 1.82) is 0 Å². The average Bonchev–Trinajstić information content (AvgIpc) is 3.20. The Hall–Kier alpha value is -2.24. The lowest BCUT2D eigenvalue weighted by atomic mass is 10.1. The van der Waals surface area contributed by atoms with Crippen LogP contribution in [0.15, 0.2) is 54.6 Å². The molecule has 1 aliphatic rings. The van der Waals surface area contributed by atoms with Gasteiger partial charge in [0.1, 0.15) is 5.82 Å². The van der Waals surface area contributed by atoms with Crippen LogP contribution in [0.5, 0.6) is 0 Å². The first-order chi connectivity index (χ1) is 12.6. The van der Waals surface area contributed by atoms with E-state index in [0.29, 0.717) is 12.7 Å². The first-order valence-corrected chi connectivity index (χ1v) is 9.49. The summed E-state index contributed by atoms with van der Waals surface area (Å²) in [4.78, 5) is 2.36. The topological polar surface area (TPSA) is 26.0 Å². The van der Waals surface area contributed by atoms with Gasteiger partial charge in [0.25, 0.3) is 0 Å². The summed E-state index contributed by atoms with van der Waals surface area (Å²) >= 11 is 5.64. The minimum atomic E-state index is 0.438. The van der Waals surface area contributed by atoms with Crippen molar-refractivity contribution in [2.45, 2.75) is 32.0 Å². The molecule has 4 nitrogen and oxygen atoms in total. The highest BCUT2D eigenvalue weighted by atomic mass is 32.1. The Morgan fingerprint density at radius 3 is 2.65 bits per heavy atom. The van der Waals surface area contributed by atoms with E-state index in [1.807, 2.05) is 22.4 Å². The molecule has 1 aromatic heterocycles. The van der Waals surface area contributed by atoms with Crippen LogP contribution in [0.3, 0.4) is 0 Å². The van der Waals surface area contributed by atoms with E-state index in [0.717, 1.165) is 29.9 Å². The molecule has 1 aliphatic carbocycles. The van der Waals surface area contributed by atoms with Crippen LogP contribution in [0.25, 0.3) is 0 Å². The predicted molar refractivity (Wildman–Crippen MR) is 107 cm³/mol. The van der Waals surface area contributed by atoms with Gasteiger partial charge in [0.15, 0.2) is 4.77 Å². The molecule has 0 saturated heterocycles. The molecule has 1 unspecified atom stereocenters. The largest absolute Gasteiger partial charge is 0.307 e. The van der Waals surface area contributed by atoms with Crippen LogP contribution in [0.2, 0.25) is 0 Å². The van der Waals surface area contributed by atoms with Crippen molar-refractivity contribution < 1.29 is 0 Å². The molecular formula is C21H24N4S. The van der Waals surface area contributed by atoms with Gasteiger partial charge in [-0.15, -0.1) is 0 Å². The summed E-state index contributed by atoms with van der Waals surface area (Å²) in [6.45, 7) is 0.709. The minimum Gasteiger partial charge on any atom is -0.307 e. The molecule has 2 aromatic carbocycles. The van der Waals surface area contributed by atoms with E-state index in [-0.39, 0.29) is 0 Å². The molecule has 0 bridgehead atoms. The molecule has 3 aromatic rings. The van der Waals surface area contributed by atoms with Gasteiger partial charge in [-0.1, -0.05) is 54.6 Å². The summed E-state index contributed by atoms with van der Waals surface area (Å²) in [5.74, 6) is 1.00. The van der Waals surface area contributed by atoms with E-state index < -0.39 is 0 Å². The number of fused-ring (bicyclic) bond motifs is 1. The van der Waals surface area contributed by atoms with Crippen LogP contribution in [-0.2, 0) is 26.6 Å². The molecule has 4 rings (SSSR count). The van der Waals surface area contributed by atoms with Gasteiger partial charge in [-0.05, 0) is 48.8 Å². The van der Waals surface area contributed by atoms with E-state index >= 15 is 0 Å². The van der Waals surface area contributed by atoms with Gasteiger partial charge in [0.2, 0.25) is 0 Å². The molecule has 0 N–H and O–H groups in total. The Bertz CT molecular complexity index is 958. The fourth-order valence-corrected chi connectivity index (χ4v) is 4.06. The molecule has 0 spiro atoms. The lowest BCUT2D eigenvalue weighted by Crippen LogP contribution is -2.26. The van der Waals surface area contributed by atoms with Crippen LogP contribution in [0.1, 0.15) is 35.0 Å². The van der Waals surface area contributed by atoms with E-state index in [2.05, 4.69) is 60.5 Å². The number of hydrogen-bond acceptors (Lipinski definition) is 3. The Morgan fingerprint density at radius 1 is 1.12 bits per heavy atom. The van der Waals surface area contributed by atoms with Gasteiger partial charge >= 0.3 is 0 Å². The van der Waals surface area contributed by atoms with E-state index in [9.17, 15) is 0 Å². The molecule has 0 fully saturated rings. The molecule has 0 saturated carbocycles. The van der Waals surface area contributed by atoms with Crippen molar-refractivity contribution >= 4 is 12.2 Å². The second-order valence-electron chi connectivity index (χ2n) is 7.07. The molecule has 26 heavy (non-hydrogen) atoms. The van der Waals surface area contributed by atoms with Crippen molar-refractivity contribution in [1.82, 2.24) is 19.2 Å². The second kappa shape index (κ2) is 7.17. The van der Waals surface area contributed by atoms with Crippen molar-refractivity contribution in [2.24, 2.45) is 7.05 Å².